The topological polar surface area (TPSA) is 32.5 Å². The first kappa shape index (κ1) is 13.5. The molecule has 1 saturated heterocycles. The number of rotatable bonds is 4. The van der Waals surface area contributed by atoms with Gasteiger partial charge < -0.3 is 10.6 Å². The maximum atomic E-state index is 5.95. The standard InChI is InChI=1S/C12H20BrN3S/c1-15(2)10-3-4-16(7-10)11(6-14)12-5-9(13)8-17-12/h5,8,10-11H,3-4,6-7,14H2,1-2H3. The van der Waals surface area contributed by atoms with Crippen LogP contribution in [-0.4, -0.2) is 49.6 Å². The third kappa shape index (κ3) is 3.09. The number of halogens is 1. The quantitative estimate of drug-likeness (QED) is 0.923. The molecule has 2 atom stereocenters. The van der Waals surface area contributed by atoms with Crippen molar-refractivity contribution in [1.82, 2.24) is 9.80 Å². The van der Waals surface area contributed by atoms with Gasteiger partial charge in [-0.15, -0.1) is 11.3 Å². The van der Waals surface area contributed by atoms with E-state index in [1.54, 1.807) is 11.3 Å². The molecule has 0 amide bonds. The van der Waals surface area contributed by atoms with Crippen LogP contribution >= 0.6 is 27.3 Å². The lowest BCUT2D eigenvalue weighted by molar-refractivity contribution is 0.223. The second-order valence-electron chi connectivity index (χ2n) is 4.82. The summed E-state index contributed by atoms with van der Waals surface area (Å²) in [4.78, 5) is 6.21. The summed E-state index contributed by atoms with van der Waals surface area (Å²) in [5.74, 6) is 0. The lowest BCUT2D eigenvalue weighted by Crippen LogP contribution is -2.35. The molecular weight excluding hydrogens is 298 g/mol. The predicted octanol–water partition coefficient (Wildman–Crippen LogP) is 2.15. The molecule has 0 saturated carbocycles. The Hall–Kier alpha value is 0.0600. The van der Waals surface area contributed by atoms with Crippen LogP contribution in [0.25, 0.3) is 0 Å². The Morgan fingerprint density at radius 2 is 2.41 bits per heavy atom. The number of hydrogen-bond acceptors (Lipinski definition) is 4. The maximum Gasteiger partial charge on any atom is 0.0565 e. The van der Waals surface area contributed by atoms with Gasteiger partial charge in [0.25, 0.3) is 0 Å². The van der Waals surface area contributed by atoms with Crippen molar-refractivity contribution in [3.63, 3.8) is 0 Å². The molecule has 1 aromatic rings. The first-order chi connectivity index (χ1) is 8.11. The van der Waals surface area contributed by atoms with Gasteiger partial charge in [-0.1, -0.05) is 0 Å². The molecule has 1 fully saturated rings. The molecule has 5 heteroatoms. The van der Waals surface area contributed by atoms with Gasteiger partial charge in [0, 0.05) is 40.4 Å². The molecule has 1 aliphatic heterocycles. The predicted molar refractivity (Wildman–Crippen MR) is 77.5 cm³/mol. The Morgan fingerprint density at radius 3 is 2.88 bits per heavy atom. The maximum absolute atomic E-state index is 5.95. The fourth-order valence-electron chi connectivity index (χ4n) is 2.42. The van der Waals surface area contributed by atoms with Crippen molar-refractivity contribution < 1.29 is 0 Å². The van der Waals surface area contributed by atoms with E-state index >= 15 is 0 Å². The van der Waals surface area contributed by atoms with E-state index in [1.807, 2.05) is 0 Å². The molecular formula is C12H20BrN3S. The highest BCUT2D eigenvalue weighted by molar-refractivity contribution is 9.10. The van der Waals surface area contributed by atoms with Gasteiger partial charge in [-0.3, -0.25) is 4.90 Å². The van der Waals surface area contributed by atoms with E-state index in [-0.39, 0.29) is 0 Å². The number of hydrogen-bond donors (Lipinski definition) is 1. The lowest BCUT2D eigenvalue weighted by Gasteiger charge is -2.27. The molecule has 2 unspecified atom stereocenters. The van der Waals surface area contributed by atoms with Gasteiger partial charge in [0.2, 0.25) is 0 Å². The van der Waals surface area contributed by atoms with Crippen molar-refractivity contribution in [3.05, 3.63) is 20.8 Å². The minimum absolute atomic E-state index is 0.385. The van der Waals surface area contributed by atoms with Gasteiger partial charge >= 0.3 is 0 Å². The Kier molecular flexibility index (Phi) is 4.60. The largest absolute Gasteiger partial charge is 0.329 e. The molecule has 0 aliphatic carbocycles. The minimum Gasteiger partial charge on any atom is -0.329 e. The summed E-state index contributed by atoms with van der Waals surface area (Å²) in [5.41, 5.74) is 5.95. The molecule has 0 radical (unpaired) electrons. The van der Waals surface area contributed by atoms with Gasteiger partial charge in [0.1, 0.15) is 0 Å². The van der Waals surface area contributed by atoms with Crippen LogP contribution in [0.3, 0.4) is 0 Å². The van der Waals surface area contributed by atoms with Crippen molar-refractivity contribution in [1.29, 1.82) is 0 Å². The van der Waals surface area contributed by atoms with Crippen LogP contribution in [0.15, 0.2) is 15.9 Å². The molecule has 2 heterocycles. The third-order valence-electron chi connectivity index (χ3n) is 3.51. The van der Waals surface area contributed by atoms with Crippen LogP contribution in [-0.2, 0) is 0 Å². The highest BCUT2D eigenvalue weighted by atomic mass is 79.9. The highest BCUT2D eigenvalue weighted by Gasteiger charge is 2.29. The average molecular weight is 318 g/mol. The van der Waals surface area contributed by atoms with E-state index in [0.717, 1.165) is 13.1 Å². The fourth-order valence-corrected chi connectivity index (χ4v) is 4.01. The van der Waals surface area contributed by atoms with E-state index in [2.05, 4.69) is 51.3 Å². The molecule has 17 heavy (non-hydrogen) atoms. The molecule has 0 spiro atoms. The first-order valence-electron chi connectivity index (χ1n) is 5.96. The van der Waals surface area contributed by atoms with Crippen LogP contribution in [0.5, 0.6) is 0 Å². The summed E-state index contributed by atoms with van der Waals surface area (Å²) in [6.07, 6.45) is 1.25. The van der Waals surface area contributed by atoms with Gasteiger partial charge in [0.05, 0.1) is 6.04 Å². The zero-order chi connectivity index (χ0) is 12.4. The summed E-state index contributed by atoms with van der Waals surface area (Å²) in [5, 5.41) is 2.14. The summed E-state index contributed by atoms with van der Waals surface area (Å²) >= 11 is 5.31. The van der Waals surface area contributed by atoms with Crippen LogP contribution in [0, 0.1) is 0 Å². The lowest BCUT2D eigenvalue weighted by atomic mass is 10.2. The second-order valence-corrected chi connectivity index (χ2v) is 6.68. The number of nitrogens with two attached hydrogens (primary N) is 1. The van der Waals surface area contributed by atoms with Crippen LogP contribution < -0.4 is 5.73 Å². The normalized spacial score (nSPS) is 23.5. The van der Waals surface area contributed by atoms with E-state index in [0.29, 0.717) is 18.6 Å². The van der Waals surface area contributed by atoms with Gasteiger partial charge in [-0.2, -0.15) is 0 Å². The van der Waals surface area contributed by atoms with E-state index < -0.39 is 0 Å². The van der Waals surface area contributed by atoms with Crippen molar-refractivity contribution in [2.75, 3.05) is 33.7 Å². The van der Waals surface area contributed by atoms with Crippen molar-refractivity contribution >= 4 is 27.3 Å². The molecule has 96 valence electrons. The molecule has 0 aromatic carbocycles. The summed E-state index contributed by atoms with van der Waals surface area (Å²) in [7, 11) is 4.32. The number of nitrogens with zero attached hydrogens (tertiary/aromatic N) is 2. The van der Waals surface area contributed by atoms with E-state index in [9.17, 15) is 0 Å². The van der Waals surface area contributed by atoms with Crippen LogP contribution in [0.2, 0.25) is 0 Å². The summed E-state index contributed by atoms with van der Waals surface area (Å²) < 4.78 is 1.17. The van der Waals surface area contributed by atoms with Crippen molar-refractivity contribution in [2.45, 2.75) is 18.5 Å². The number of likely N-dealkylation sites (tertiary alicyclic amines) is 1. The Balaban J connectivity index is 2.05. The van der Waals surface area contributed by atoms with Gasteiger partial charge in [-0.05, 0) is 42.5 Å². The monoisotopic (exact) mass is 317 g/mol. The van der Waals surface area contributed by atoms with Crippen molar-refractivity contribution in [3.8, 4) is 0 Å². The Morgan fingerprint density at radius 1 is 1.65 bits per heavy atom. The number of thiophene rings is 1. The van der Waals surface area contributed by atoms with Crippen LogP contribution in [0.4, 0.5) is 0 Å². The molecule has 1 aromatic heterocycles. The molecule has 3 nitrogen and oxygen atoms in total. The highest BCUT2D eigenvalue weighted by Crippen LogP contribution is 2.31. The zero-order valence-corrected chi connectivity index (χ0v) is 12.8. The first-order valence-corrected chi connectivity index (χ1v) is 7.63. The van der Waals surface area contributed by atoms with Crippen LogP contribution in [0.1, 0.15) is 17.3 Å². The zero-order valence-electron chi connectivity index (χ0n) is 10.4. The molecule has 0 bridgehead atoms. The average Bonchev–Trinajstić information content (AvgIpc) is 2.89. The molecule has 2 rings (SSSR count). The van der Waals surface area contributed by atoms with Gasteiger partial charge in [-0.25, -0.2) is 0 Å². The fraction of sp³-hybridized carbons (Fsp3) is 0.667. The number of likely N-dealkylation sites (N-methyl/N-ethyl adjacent to an activating group) is 1. The second kappa shape index (κ2) is 5.80. The SMILES string of the molecule is CN(C)C1CCN(C(CN)c2cc(Br)cs2)C1. The van der Waals surface area contributed by atoms with E-state index in [1.165, 1.54) is 15.8 Å². The summed E-state index contributed by atoms with van der Waals surface area (Å²) in [6, 6.07) is 3.26. The molecule has 2 N–H and O–H groups in total. The van der Waals surface area contributed by atoms with Gasteiger partial charge in [0.15, 0.2) is 0 Å². The third-order valence-corrected chi connectivity index (χ3v) is 5.30. The summed E-state index contributed by atoms with van der Waals surface area (Å²) in [6.45, 7) is 2.98. The van der Waals surface area contributed by atoms with E-state index in [4.69, 9.17) is 5.73 Å². The smallest absolute Gasteiger partial charge is 0.0565 e. The Labute approximate surface area is 116 Å². The molecule has 1 aliphatic rings. The minimum atomic E-state index is 0.385. The Bertz CT molecular complexity index is 366. The van der Waals surface area contributed by atoms with Crippen molar-refractivity contribution in [2.24, 2.45) is 5.73 Å².